The molecule has 18 heavy (non-hydrogen) atoms. The predicted molar refractivity (Wildman–Crippen MR) is 65.8 cm³/mol. The van der Waals surface area contributed by atoms with Crippen LogP contribution >= 0.6 is 0 Å². The van der Waals surface area contributed by atoms with Crippen molar-refractivity contribution in [3.8, 4) is 11.4 Å². The smallest absolute Gasteiger partial charge is 0.292 e. The highest BCUT2D eigenvalue weighted by molar-refractivity contribution is 5.62. The van der Waals surface area contributed by atoms with Crippen molar-refractivity contribution in [1.29, 1.82) is 0 Å². The molecule has 1 aromatic heterocycles. The maximum absolute atomic E-state index is 10.6. The van der Waals surface area contributed by atoms with Gasteiger partial charge in [0.25, 0.3) is 5.69 Å². The lowest BCUT2D eigenvalue weighted by molar-refractivity contribution is -0.383. The average Bonchev–Trinajstić information content (AvgIpc) is 2.77. The maximum Gasteiger partial charge on any atom is 0.292 e. The van der Waals surface area contributed by atoms with Crippen LogP contribution in [0.3, 0.4) is 0 Å². The number of hydrogen-bond donors (Lipinski definition) is 1. The molecule has 0 spiro atoms. The number of ether oxygens (including phenoxy) is 1. The molecule has 1 heterocycles. The maximum atomic E-state index is 10.6. The molecule has 94 valence electrons. The van der Waals surface area contributed by atoms with E-state index >= 15 is 0 Å². The molecule has 2 rings (SSSR count). The van der Waals surface area contributed by atoms with Crippen molar-refractivity contribution in [3.05, 3.63) is 40.7 Å². The number of benzene rings is 1. The first-order valence-electron chi connectivity index (χ1n) is 5.33. The second-order valence-electron chi connectivity index (χ2n) is 3.55. The largest absolute Gasteiger partial charge is 0.491 e. The number of nitro benzene ring substituents is 1. The molecule has 2 N–H and O–H groups in total. The van der Waals surface area contributed by atoms with Crippen LogP contribution in [0, 0.1) is 10.1 Å². The Kier molecular flexibility index (Phi) is 3.13. The third-order valence-electron chi connectivity index (χ3n) is 2.34. The summed E-state index contributed by atoms with van der Waals surface area (Å²) in [6.45, 7) is 2.43. The fourth-order valence-corrected chi connectivity index (χ4v) is 1.54. The Morgan fingerprint density at radius 2 is 2.33 bits per heavy atom. The second kappa shape index (κ2) is 4.74. The van der Waals surface area contributed by atoms with Gasteiger partial charge in [0.2, 0.25) is 0 Å². The van der Waals surface area contributed by atoms with Crippen LogP contribution in [0.1, 0.15) is 6.92 Å². The highest BCUT2D eigenvalue weighted by Crippen LogP contribution is 2.24. The van der Waals surface area contributed by atoms with Crippen molar-refractivity contribution in [3.63, 3.8) is 0 Å². The van der Waals surface area contributed by atoms with Crippen LogP contribution in [0.25, 0.3) is 5.69 Å². The van der Waals surface area contributed by atoms with Gasteiger partial charge in [0.1, 0.15) is 5.69 Å². The molecule has 0 aliphatic rings. The minimum atomic E-state index is -0.520. The fourth-order valence-electron chi connectivity index (χ4n) is 1.54. The number of nitrogens with zero attached hydrogens (tertiary/aromatic N) is 3. The van der Waals surface area contributed by atoms with Crippen LogP contribution in [-0.2, 0) is 0 Å². The Balaban J connectivity index is 2.33. The van der Waals surface area contributed by atoms with Gasteiger partial charge in [0.05, 0.1) is 29.6 Å². The zero-order chi connectivity index (χ0) is 13.1. The van der Waals surface area contributed by atoms with E-state index < -0.39 is 4.92 Å². The second-order valence-corrected chi connectivity index (χ2v) is 3.55. The summed E-state index contributed by atoms with van der Waals surface area (Å²) in [5.41, 5.74) is 6.24. The number of hydrogen-bond acceptors (Lipinski definition) is 5. The van der Waals surface area contributed by atoms with E-state index in [1.54, 1.807) is 23.1 Å². The van der Waals surface area contributed by atoms with Crippen LogP contribution in [0.2, 0.25) is 0 Å². The molecule has 0 atom stereocenters. The van der Waals surface area contributed by atoms with Gasteiger partial charge in [-0.05, 0) is 19.1 Å². The summed E-state index contributed by atoms with van der Waals surface area (Å²) in [4.78, 5) is 10.1. The average molecular weight is 248 g/mol. The van der Waals surface area contributed by atoms with E-state index in [2.05, 4.69) is 5.10 Å². The van der Waals surface area contributed by atoms with Crippen molar-refractivity contribution < 1.29 is 9.66 Å². The number of aromatic nitrogens is 2. The van der Waals surface area contributed by atoms with E-state index in [4.69, 9.17) is 10.5 Å². The van der Waals surface area contributed by atoms with Crippen molar-refractivity contribution in [2.24, 2.45) is 0 Å². The molecule has 0 saturated heterocycles. The molecule has 2 aromatic rings. The molecule has 0 aliphatic carbocycles. The molecule has 0 bridgehead atoms. The van der Waals surface area contributed by atoms with Gasteiger partial charge in [-0.25, -0.2) is 4.68 Å². The molecule has 7 nitrogen and oxygen atoms in total. The first-order valence-corrected chi connectivity index (χ1v) is 5.33. The van der Waals surface area contributed by atoms with Crippen molar-refractivity contribution in [2.75, 3.05) is 12.3 Å². The summed E-state index contributed by atoms with van der Waals surface area (Å²) in [6, 6.07) is 4.44. The van der Waals surface area contributed by atoms with Crippen LogP contribution in [0.4, 0.5) is 11.4 Å². The number of anilines is 1. The number of nitrogen functional groups attached to an aromatic ring is 1. The standard InChI is InChI=1S/C11H12N4O3/c1-2-18-9-6-13-14(7-9)8-3-4-11(15(16)17)10(12)5-8/h3-7H,2,12H2,1H3. The molecule has 1 aromatic carbocycles. The Labute approximate surface area is 103 Å². The van der Waals surface area contributed by atoms with Gasteiger partial charge in [-0.15, -0.1) is 0 Å². The lowest BCUT2D eigenvalue weighted by Crippen LogP contribution is -1.99. The van der Waals surface area contributed by atoms with Crippen LogP contribution < -0.4 is 10.5 Å². The summed E-state index contributed by atoms with van der Waals surface area (Å²) in [7, 11) is 0. The van der Waals surface area contributed by atoms with Gasteiger partial charge in [-0.2, -0.15) is 5.10 Å². The molecular formula is C11H12N4O3. The Hall–Kier alpha value is -2.57. The third-order valence-corrected chi connectivity index (χ3v) is 2.34. The van der Waals surface area contributed by atoms with E-state index in [1.807, 2.05) is 6.92 Å². The molecule has 0 aliphatic heterocycles. The van der Waals surface area contributed by atoms with E-state index in [0.717, 1.165) is 0 Å². The van der Waals surface area contributed by atoms with Gasteiger partial charge in [-0.3, -0.25) is 10.1 Å². The lowest BCUT2D eigenvalue weighted by atomic mass is 10.2. The fraction of sp³-hybridized carbons (Fsp3) is 0.182. The quantitative estimate of drug-likeness (QED) is 0.505. The summed E-state index contributed by atoms with van der Waals surface area (Å²) in [5, 5.41) is 14.7. The minimum Gasteiger partial charge on any atom is -0.491 e. The Morgan fingerprint density at radius 1 is 1.56 bits per heavy atom. The summed E-state index contributed by atoms with van der Waals surface area (Å²) in [6.07, 6.45) is 3.26. The van der Waals surface area contributed by atoms with Crippen LogP contribution in [0.15, 0.2) is 30.6 Å². The van der Waals surface area contributed by atoms with Gasteiger partial charge in [0.15, 0.2) is 5.75 Å². The monoisotopic (exact) mass is 248 g/mol. The molecule has 7 heteroatoms. The molecule has 0 saturated carbocycles. The molecule has 0 radical (unpaired) electrons. The Bertz CT molecular complexity index is 579. The minimum absolute atomic E-state index is 0.103. The zero-order valence-corrected chi connectivity index (χ0v) is 9.74. The summed E-state index contributed by atoms with van der Waals surface area (Å²) >= 11 is 0. The lowest BCUT2D eigenvalue weighted by Gasteiger charge is -2.03. The first-order chi connectivity index (χ1) is 8.61. The number of rotatable bonds is 4. The third kappa shape index (κ3) is 2.24. The van der Waals surface area contributed by atoms with E-state index in [0.29, 0.717) is 18.0 Å². The summed E-state index contributed by atoms with van der Waals surface area (Å²) in [5.74, 6) is 0.634. The van der Waals surface area contributed by atoms with E-state index in [9.17, 15) is 10.1 Å². The number of nitrogens with two attached hydrogens (primary N) is 1. The van der Waals surface area contributed by atoms with Gasteiger partial charge in [-0.1, -0.05) is 0 Å². The van der Waals surface area contributed by atoms with Gasteiger partial charge in [0, 0.05) is 6.07 Å². The van der Waals surface area contributed by atoms with Crippen LogP contribution in [-0.4, -0.2) is 21.3 Å². The van der Waals surface area contributed by atoms with E-state index in [-0.39, 0.29) is 11.4 Å². The van der Waals surface area contributed by atoms with Crippen molar-refractivity contribution >= 4 is 11.4 Å². The van der Waals surface area contributed by atoms with Crippen molar-refractivity contribution in [2.45, 2.75) is 6.92 Å². The van der Waals surface area contributed by atoms with E-state index in [1.165, 1.54) is 12.1 Å². The molecular weight excluding hydrogens is 236 g/mol. The SMILES string of the molecule is CCOc1cnn(-c2ccc([N+](=O)[O-])c(N)c2)c1. The Morgan fingerprint density at radius 3 is 2.94 bits per heavy atom. The molecule has 0 unspecified atom stereocenters. The highest BCUT2D eigenvalue weighted by atomic mass is 16.6. The van der Waals surface area contributed by atoms with Crippen LogP contribution in [0.5, 0.6) is 5.75 Å². The number of nitro groups is 1. The molecule has 0 fully saturated rings. The zero-order valence-electron chi connectivity index (χ0n) is 9.74. The normalized spacial score (nSPS) is 10.3. The van der Waals surface area contributed by atoms with Gasteiger partial charge < -0.3 is 10.5 Å². The van der Waals surface area contributed by atoms with Gasteiger partial charge >= 0.3 is 0 Å². The molecule has 0 amide bonds. The summed E-state index contributed by atoms with van der Waals surface area (Å²) < 4.78 is 6.82. The highest BCUT2D eigenvalue weighted by Gasteiger charge is 2.12. The van der Waals surface area contributed by atoms with Crippen molar-refractivity contribution in [1.82, 2.24) is 9.78 Å². The predicted octanol–water partition coefficient (Wildman–Crippen LogP) is 1.76. The topological polar surface area (TPSA) is 96.2 Å². The first kappa shape index (κ1) is 11.9.